The number of hydrogen-bond acceptors (Lipinski definition) is 4. The summed E-state index contributed by atoms with van der Waals surface area (Å²) < 4.78 is 12.8. The van der Waals surface area contributed by atoms with Crippen molar-refractivity contribution in [3.8, 4) is 11.5 Å². The van der Waals surface area contributed by atoms with Crippen LogP contribution in [0, 0.1) is 0 Å². The molecule has 0 aliphatic carbocycles. The molecule has 0 atom stereocenters. The van der Waals surface area contributed by atoms with Gasteiger partial charge in [-0.15, -0.1) is 0 Å². The third-order valence-electron chi connectivity index (χ3n) is 5.13. The Morgan fingerprint density at radius 3 is 2.56 bits per heavy atom. The second kappa shape index (κ2) is 9.75. The lowest BCUT2D eigenvalue weighted by Gasteiger charge is -2.12. The zero-order chi connectivity index (χ0) is 22.5. The number of nitrogens with one attached hydrogen (secondary N) is 1. The first kappa shape index (κ1) is 21.7. The molecule has 0 spiro atoms. The standard InChI is InChI=1S/C25H24ClN3O3/c1-3-32-24-12-18(6-11-23(24)31-2)14-27-25(30)19-7-8-20-15-28-29(22(20)13-19)16-17-4-9-21(26)10-5-17/h4-13,15H,3,14,16H2,1-2H3,(H,27,30). The fourth-order valence-corrected chi connectivity index (χ4v) is 3.61. The van der Waals surface area contributed by atoms with Gasteiger partial charge in [-0.3, -0.25) is 9.48 Å². The summed E-state index contributed by atoms with van der Waals surface area (Å²) in [6, 6.07) is 18.9. The third-order valence-corrected chi connectivity index (χ3v) is 5.39. The number of nitrogens with zero attached hydrogens (tertiary/aromatic N) is 2. The van der Waals surface area contributed by atoms with E-state index in [0.717, 1.165) is 22.0 Å². The van der Waals surface area contributed by atoms with Gasteiger partial charge in [-0.05, 0) is 54.4 Å². The van der Waals surface area contributed by atoms with Gasteiger partial charge in [-0.25, -0.2) is 0 Å². The van der Waals surface area contributed by atoms with E-state index in [-0.39, 0.29) is 5.91 Å². The second-order valence-corrected chi connectivity index (χ2v) is 7.74. The molecule has 0 radical (unpaired) electrons. The van der Waals surface area contributed by atoms with Crippen LogP contribution < -0.4 is 14.8 Å². The molecule has 3 aromatic carbocycles. The zero-order valence-corrected chi connectivity index (χ0v) is 18.7. The van der Waals surface area contributed by atoms with E-state index in [1.165, 1.54) is 0 Å². The molecule has 1 aromatic heterocycles. The maximum absolute atomic E-state index is 12.8. The van der Waals surface area contributed by atoms with Crippen molar-refractivity contribution in [2.24, 2.45) is 0 Å². The van der Waals surface area contributed by atoms with Gasteiger partial charge in [0, 0.05) is 22.5 Å². The van der Waals surface area contributed by atoms with Crippen LogP contribution in [0.5, 0.6) is 11.5 Å². The number of aromatic nitrogens is 2. The fraction of sp³-hybridized carbons (Fsp3) is 0.200. The lowest BCUT2D eigenvalue weighted by Crippen LogP contribution is -2.22. The predicted octanol–water partition coefficient (Wildman–Crippen LogP) is 5.08. The number of ether oxygens (including phenoxy) is 2. The number of benzene rings is 3. The van der Waals surface area contributed by atoms with Gasteiger partial charge in [0.05, 0.1) is 32.0 Å². The predicted molar refractivity (Wildman–Crippen MR) is 126 cm³/mol. The van der Waals surface area contributed by atoms with Gasteiger partial charge in [0.2, 0.25) is 0 Å². The summed E-state index contributed by atoms with van der Waals surface area (Å²) in [6.07, 6.45) is 1.81. The first-order valence-corrected chi connectivity index (χ1v) is 10.7. The molecule has 0 aliphatic rings. The Morgan fingerprint density at radius 1 is 1.03 bits per heavy atom. The van der Waals surface area contributed by atoms with Crippen LogP contribution in [0.25, 0.3) is 10.9 Å². The van der Waals surface area contributed by atoms with E-state index in [0.29, 0.717) is 41.8 Å². The SMILES string of the molecule is CCOc1cc(CNC(=O)c2ccc3cnn(Cc4ccc(Cl)cc4)c3c2)ccc1OC. The van der Waals surface area contributed by atoms with Crippen molar-refractivity contribution in [1.82, 2.24) is 15.1 Å². The molecule has 4 aromatic rings. The number of carbonyl (C=O) groups excluding carboxylic acids is 1. The van der Waals surface area contributed by atoms with Crippen molar-refractivity contribution in [3.63, 3.8) is 0 Å². The van der Waals surface area contributed by atoms with Gasteiger partial charge in [0.15, 0.2) is 11.5 Å². The van der Waals surface area contributed by atoms with E-state index in [1.807, 2.05) is 72.3 Å². The molecule has 1 N–H and O–H groups in total. The summed E-state index contributed by atoms with van der Waals surface area (Å²) in [4.78, 5) is 12.8. The Bertz CT molecular complexity index is 1240. The first-order chi connectivity index (χ1) is 15.6. The molecule has 0 saturated heterocycles. The summed E-state index contributed by atoms with van der Waals surface area (Å²) in [7, 11) is 1.60. The number of hydrogen-bond donors (Lipinski definition) is 1. The molecular weight excluding hydrogens is 426 g/mol. The molecule has 0 bridgehead atoms. The quantitative estimate of drug-likeness (QED) is 0.407. The minimum absolute atomic E-state index is 0.153. The Kier molecular flexibility index (Phi) is 6.61. The van der Waals surface area contributed by atoms with E-state index in [4.69, 9.17) is 21.1 Å². The number of halogens is 1. The highest BCUT2D eigenvalue weighted by Gasteiger charge is 2.11. The van der Waals surface area contributed by atoms with Crippen molar-refractivity contribution in [2.45, 2.75) is 20.0 Å². The van der Waals surface area contributed by atoms with Crippen LogP contribution in [0.3, 0.4) is 0 Å². The summed E-state index contributed by atoms with van der Waals surface area (Å²) in [5, 5.41) is 9.13. The Morgan fingerprint density at radius 2 is 1.81 bits per heavy atom. The maximum Gasteiger partial charge on any atom is 0.251 e. The summed E-state index contributed by atoms with van der Waals surface area (Å²) in [5.41, 5.74) is 3.49. The molecule has 4 rings (SSSR count). The number of amides is 1. The van der Waals surface area contributed by atoms with Gasteiger partial charge in [0.1, 0.15) is 0 Å². The van der Waals surface area contributed by atoms with Crippen molar-refractivity contribution < 1.29 is 14.3 Å². The average Bonchev–Trinajstić information content (AvgIpc) is 3.21. The molecule has 1 heterocycles. The summed E-state index contributed by atoms with van der Waals surface area (Å²) in [6.45, 7) is 3.43. The van der Waals surface area contributed by atoms with E-state index in [2.05, 4.69) is 10.4 Å². The summed E-state index contributed by atoms with van der Waals surface area (Å²) >= 11 is 5.98. The van der Waals surface area contributed by atoms with Crippen molar-refractivity contribution >= 4 is 28.4 Å². The second-order valence-electron chi connectivity index (χ2n) is 7.30. The van der Waals surface area contributed by atoms with Crippen LogP contribution in [0.2, 0.25) is 5.02 Å². The Labute approximate surface area is 191 Å². The number of fused-ring (bicyclic) bond motifs is 1. The molecule has 0 unspecified atom stereocenters. The fourth-order valence-electron chi connectivity index (χ4n) is 3.48. The van der Waals surface area contributed by atoms with Gasteiger partial charge in [-0.1, -0.05) is 35.9 Å². The van der Waals surface area contributed by atoms with Gasteiger partial charge in [0.25, 0.3) is 5.91 Å². The van der Waals surface area contributed by atoms with Crippen LogP contribution in [-0.2, 0) is 13.1 Å². The molecule has 0 fully saturated rings. The average molecular weight is 450 g/mol. The lowest BCUT2D eigenvalue weighted by atomic mass is 10.1. The van der Waals surface area contributed by atoms with E-state index in [1.54, 1.807) is 13.3 Å². The van der Waals surface area contributed by atoms with Crippen LogP contribution in [-0.4, -0.2) is 29.4 Å². The third kappa shape index (κ3) is 4.86. The molecule has 6 nitrogen and oxygen atoms in total. The maximum atomic E-state index is 12.8. The minimum Gasteiger partial charge on any atom is -0.493 e. The van der Waals surface area contributed by atoms with Crippen LogP contribution >= 0.6 is 11.6 Å². The van der Waals surface area contributed by atoms with Crippen molar-refractivity contribution in [2.75, 3.05) is 13.7 Å². The first-order valence-electron chi connectivity index (χ1n) is 10.4. The van der Waals surface area contributed by atoms with E-state index < -0.39 is 0 Å². The molecule has 7 heteroatoms. The van der Waals surface area contributed by atoms with E-state index in [9.17, 15) is 4.79 Å². The molecule has 164 valence electrons. The highest BCUT2D eigenvalue weighted by molar-refractivity contribution is 6.30. The van der Waals surface area contributed by atoms with Gasteiger partial charge < -0.3 is 14.8 Å². The smallest absolute Gasteiger partial charge is 0.251 e. The van der Waals surface area contributed by atoms with Gasteiger partial charge >= 0.3 is 0 Å². The monoisotopic (exact) mass is 449 g/mol. The number of carbonyl (C=O) groups is 1. The Hall–Kier alpha value is -3.51. The minimum atomic E-state index is -0.153. The highest BCUT2D eigenvalue weighted by atomic mass is 35.5. The Balaban J connectivity index is 1.49. The van der Waals surface area contributed by atoms with Crippen molar-refractivity contribution in [3.05, 3.63) is 88.6 Å². The van der Waals surface area contributed by atoms with Crippen LogP contribution in [0.4, 0.5) is 0 Å². The normalized spacial score (nSPS) is 10.8. The number of methoxy groups -OCH3 is 1. The highest BCUT2D eigenvalue weighted by Crippen LogP contribution is 2.28. The lowest BCUT2D eigenvalue weighted by molar-refractivity contribution is 0.0951. The van der Waals surface area contributed by atoms with Crippen LogP contribution in [0.1, 0.15) is 28.4 Å². The van der Waals surface area contributed by atoms with Gasteiger partial charge in [-0.2, -0.15) is 5.10 Å². The molecule has 0 saturated carbocycles. The zero-order valence-electron chi connectivity index (χ0n) is 18.0. The number of rotatable bonds is 8. The largest absolute Gasteiger partial charge is 0.493 e. The molecular formula is C25H24ClN3O3. The van der Waals surface area contributed by atoms with Crippen LogP contribution in [0.15, 0.2) is 66.9 Å². The molecule has 32 heavy (non-hydrogen) atoms. The molecule has 1 amide bonds. The molecule has 0 aliphatic heterocycles. The topological polar surface area (TPSA) is 65.4 Å². The summed E-state index contributed by atoms with van der Waals surface area (Å²) in [5.74, 6) is 1.18. The van der Waals surface area contributed by atoms with E-state index >= 15 is 0 Å². The van der Waals surface area contributed by atoms with Crippen molar-refractivity contribution in [1.29, 1.82) is 0 Å².